The zero-order valence-electron chi connectivity index (χ0n) is 19.7. The van der Waals surface area contributed by atoms with Crippen LogP contribution < -0.4 is 9.47 Å². The lowest BCUT2D eigenvalue weighted by atomic mass is 10.0. The predicted molar refractivity (Wildman–Crippen MR) is 127 cm³/mol. The fourth-order valence-corrected chi connectivity index (χ4v) is 4.11. The Hall–Kier alpha value is -4.04. The normalized spacial score (nSPS) is 19.2. The number of ether oxygens (including phenoxy) is 5. The van der Waals surface area contributed by atoms with Gasteiger partial charge in [-0.25, -0.2) is 9.59 Å². The molecule has 0 radical (unpaired) electrons. The van der Waals surface area contributed by atoms with Crippen molar-refractivity contribution in [1.82, 2.24) is 4.90 Å². The van der Waals surface area contributed by atoms with Crippen molar-refractivity contribution >= 4 is 12.1 Å². The fourth-order valence-electron chi connectivity index (χ4n) is 4.11. The summed E-state index contributed by atoms with van der Waals surface area (Å²) in [6.45, 7) is 0.0625. The molecule has 0 aromatic heterocycles. The number of rotatable bonds is 7. The van der Waals surface area contributed by atoms with Crippen molar-refractivity contribution in [3.63, 3.8) is 0 Å². The van der Waals surface area contributed by atoms with Gasteiger partial charge in [0.25, 0.3) is 0 Å². The Morgan fingerprint density at radius 1 is 0.886 bits per heavy atom. The molecule has 1 saturated heterocycles. The van der Waals surface area contributed by atoms with Gasteiger partial charge in [0, 0.05) is 11.6 Å². The van der Waals surface area contributed by atoms with Crippen molar-refractivity contribution < 1.29 is 33.3 Å². The Morgan fingerprint density at radius 2 is 1.57 bits per heavy atom. The highest BCUT2D eigenvalue weighted by Gasteiger charge is 2.51. The first-order valence-corrected chi connectivity index (χ1v) is 11.1. The minimum Gasteiger partial charge on any atom is -0.497 e. The third-order valence-corrected chi connectivity index (χ3v) is 5.81. The second-order valence-corrected chi connectivity index (χ2v) is 7.84. The van der Waals surface area contributed by atoms with E-state index >= 15 is 0 Å². The molecule has 0 spiro atoms. The van der Waals surface area contributed by atoms with E-state index in [2.05, 4.69) is 0 Å². The van der Waals surface area contributed by atoms with Gasteiger partial charge in [-0.1, -0.05) is 60.7 Å². The first-order chi connectivity index (χ1) is 17.1. The third kappa shape index (κ3) is 5.07. The van der Waals surface area contributed by atoms with Crippen LogP contribution in [0.15, 0.2) is 78.9 Å². The second kappa shape index (κ2) is 10.9. The Kier molecular flexibility index (Phi) is 7.52. The van der Waals surface area contributed by atoms with Crippen molar-refractivity contribution in [1.29, 1.82) is 0 Å². The SMILES string of the molecule is COC(=O)[C@@H]1OC(c2ccc(OC)cc2OC)N(C(=O)OCc2ccccc2)[C@H]1c1ccccc1. The maximum absolute atomic E-state index is 13.6. The zero-order chi connectivity index (χ0) is 24.8. The molecule has 35 heavy (non-hydrogen) atoms. The van der Waals surface area contributed by atoms with E-state index in [1.165, 1.54) is 19.1 Å². The number of nitrogens with zero attached hydrogens (tertiary/aromatic N) is 1. The van der Waals surface area contributed by atoms with Crippen molar-refractivity contribution in [3.8, 4) is 11.5 Å². The van der Waals surface area contributed by atoms with E-state index in [1.807, 2.05) is 60.7 Å². The van der Waals surface area contributed by atoms with Crippen molar-refractivity contribution in [2.45, 2.75) is 25.0 Å². The number of hydrogen-bond acceptors (Lipinski definition) is 7. The smallest absolute Gasteiger partial charge is 0.413 e. The first kappa shape index (κ1) is 24.1. The minimum atomic E-state index is -1.08. The highest BCUT2D eigenvalue weighted by atomic mass is 16.6. The third-order valence-electron chi connectivity index (χ3n) is 5.81. The van der Waals surface area contributed by atoms with Gasteiger partial charge in [-0.15, -0.1) is 0 Å². The van der Waals surface area contributed by atoms with E-state index in [4.69, 9.17) is 23.7 Å². The lowest BCUT2D eigenvalue weighted by Crippen LogP contribution is -2.37. The molecule has 1 amide bonds. The van der Waals surface area contributed by atoms with E-state index in [9.17, 15) is 9.59 Å². The first-order valence-electron chi connectivity index (χ1n) is 11.1. The van der Waals surface area contributed by atoms with Crippen LogP contribution in [0.1, 0.15) is 29.0 Å². The van der Waals surface area contributed by atoms with Gasteiger partial charge in [0.2, 0.25) is 0 Å². The molecular weight excluding hydrogens is 450 g/mol. The van der Waals surface area contributed by atoms with Crippen LogP contribution in [0.3, 0.4) is 0 Å². The summed E-state index contributed by atoms with van der Waals surface area (Å²) in [7, 11) is 4.34. The summed E-state index contributed by atoms with van der Waals surface area (Å²) in [5.41, 5.74) is 2.08. The largest absolute Gasteiger partial charge is 0.497 e. The van der Waals surface area contributed by atoms with Crippen LogP contribution in [-0.4, -0.2) is 44.4 Å². The monoisotopic (exact) mass is 477 g/mol. The van der Waals surface area contributed by atoms with Gasteiger partial charge in [-0.3, -0.25) is 4.90 Å². The van der Waals surface area contributed by atoms with Crippen LogP contribution in [0.5, 0.6) is 11.5 Å². The van der Waals surface area contributed by atoms with Gasteiger partial charge >= 0.3 is 12.1 Å². The number of carbonyl (C=O) groups is 2. The summed E-state index contributed by atoms with van der Waals surface area (Å²) >= 11 is 0. The van der Waals surface area contributed by atoms with Gasteiger partial charge in [0.15, 0.2) is 12.3 Å². The molecule has 4 rings (SSSR count). The Bertz CT molecular complexity index is 1150. The molecule has 1 aliphatic rings. The van der Waals surface area contributed by atoms with Gasteiger partial charge in [-0.05, 0) is 23.3 Å². The number of esters is 1. The molecule has 3 aromatic carbocycles. The summed E-state index contributed by atoms with van der Waals surface area (Å²) in [4.78, 5) is 27.8. The maximum Gasteiger partial charge on any atom is 0.413 e. The van der Waals surface area contributed by atoms with Gasteiger partial charge < -0.3 is 23.7 Å². The lowest BCUT2D eigenvalue weighted by molar-refractivity contribution is -0.154. The van der Waals surface area contributed by atoms with Crippen LogP contribution in [-0.2, 0) is 25.6 Å². The molecule has 3 atom stereocenters. The van der Waals surface area contributed by atoms with Crippen LogP contribution in [0.25, 0.3) is 0 Å². The molecule has 1 heterocycles. The molecule has 1 fully saturated rings. The van der Waals surface area contributed by atoms with Crippen molar-refractivity contribution in [2.75, 3.05) is 21.3 Å². The van der Waals surface area contributed by atoms with E-state index in [1.54, 1.807) is 25.3 Å². The molecule has 8 nitrogen and oxygen atoms in total. The quantitative estimate of drug-likeness (QED) is 0.458. The molecule has 0 aliphatic carbocycles. The van der Waals surface area contributed by atoms with Crippen LogP contribution >= 0.6 is 0 Å². The highest BCUT2D eigenvalue weighted by molar-refractivity contribution is 5.79. The van der Waals surface area contributed by atoms with E-state index in [0.29, 0.717) is 22.6 Å². The standard InChI is InChI=1S/C27H27NO7/c1-31-20-14-15-21(22(16-20)32-2)25-28(27(30)34-17-18-10-6-4-7-11-18)23(19-12-8-5-9-13-19)24(35-25)26(29)33-3/h4-16,23-25H,17H2,1-3H3/t23-,24+,25?/m0/s1. The lowest BCUT2D eigenvalue weighted by Gasteiger charge is -2.29. The molecule has 0 N–H and O–H groups in total. The summed E-state index contributed by atoms with van der Waals surface area (Å²) in [5.74, 6) is 0.410. The van der Waals surface area contributed by atoms with Gasteiger partial charge in [0.1, 0.15) is 24.1 Å². The predicted octanol–water partition coefficient (Wildman–Crippen LogP) is 4.65. The van der Waals surface area contributed by atoms with Crippen LogP contribution in [0.4, 0.5) is 4.79 Å². The highest BCUT2D eigenvalue weighted by Crippen LogP contribution is 2.46. The summed E-state index contributed by atoms with van der Waals surface area (Å²) in [6.07, 6.45) is -2.70. The van der Waals surface area contributed by atoms with Crippen molar-refractivity contribution in [2.24, 2.45) is 0 Å². The number of methoxy groups -OCH3 is 3. The average Bonchev–Trinajstić information content (AvgIpc) is 3.32. The van der Waals surface area contributed by atoms with Gasteiger partial charge in [0.05, 0.1) is 21.3 Å². The fraction of sp³-hybridized carbons (Fsp3) is 0.259. The second-order valence-electron chi connectivity index (χ2n) is 7.84. The molecular formula is C27H27NO7. The number of carbonyl (C=O) groups excluding carboxylic acids is 2. The topological polar surface area (TPSA) is 83.5 Å². The summed E-state index contributed by atoms with van der Waals surface area (Å²) in [6, 6.07) is 22.9. The minimum absolute atomic E-state index is 0.0625. The molecule has 182 valence electrons. The maximum atomic E-state index is 13.6. The van der Waals surface area contributed by atoms with E-state index in [0.717, 1.165) is 5.56 Å². The number of benzene rings is 3. The van der Waals surface area contributed by atoms with Gasteiger partial charge in [-0.2, -0.15) is 0 Å². The number of amides is 1. The van der Waals surface area contributed by atoms with Crippen molar-refractivity contribution in [3.05, 3.63) is 95.6 Å². The van der Waals surface area contributed by atoms with E-state index < -0.39 is 30.4 Å². The Balaban J connectivity index is 1.77. The summed E-state index contributed by atoms with van der Waals surface area (Å²) in [5, 5.41) is 0. The molecule has 0 bridgehead atoms. The zero-order valence-corrected chi connectivity index (χ0v) is 19.7. The molecule has 1 aliphatic heterocycles. The summed E-state index contributed by atoms with van der Waals surface area (Å²) < 4.78 is 27.8. The molecule has 8 heteroatoms. The Morgan fingerprint density at radius 3 is 2.20 bits per heavy atom. The number of hydrogen-bond donors (Lipinski definition) is 0. The molecule has 0 saturated carbocycles. The molecule has 1 unspecified atom stereocenters. The van der Waals surface area contributed by atoms with Crippen LogP contribution in [0.2, 0.25) is 0 Å². The van der Waals surface area contributed by atoms with E-state index in [-0.39, 0.29) is 6.61 Å². The average molecular weight is 478 g/mol. The molecule has 3 aromatic rings. The van der Waals surface area contributed by atoms with Crippen LogP contribution in [0, 0.1) is 0 Å². The Labute approximate surface area is 203 Å².